The highest BCUT2D eigenvalue weighted by molar-refractivity contribution is 7.07. The van der Waals surface area contributed by atoms with Crippen molar-refractivity contribution in [2.75, 3.05) is 13.2 Å². The van der Waals surface area contributed by atoms with Crippen molar-refractivity contribution in [1.82, 2.24) is 4.57 Å². The highest BCUT2D eigenvalue weighted by atomic mass is 32.1. The first-order valence-electron chi connectivity index (χ1n) is 13.3. The molecule has 0 bridgehead atoms. The Morgan fingerprint density at radius 2 is 1.62 bits per heavy atom. The molecule has 200 valence electrons. The Hall–Kier alpha value is -4.49. The van der Waals surface area contributed by atoms with E-state index in [2.05, 4.69) is 0 Å². The van der Waals surface area contributed by atoms with E-state index in [0.717, 1.165) is 32.7 Å². The monoisotopic (exact) mass is 548 g/mol. The molecule has 6 rings (SSSR count). The molecule has 0 N–H and O–H groups in total. The predicted molar refractivity (Wildman–Crippen MR) is 159 cm³/mol. The molecule has 1 aromatic heterocycles. The smallest absolute Gasteiger partial charge is 0.338 e. The molecule has 7 heteroatoms. The van der Waals surface area contributed by atoms with Crippen molar-refractivity contribution in [1.29, 1.82) is 0 Å². The van der Waals surface area contributed by atoms with Crippen molar-refractivity contribution in [3.63, 3.8) is 0 Å². The summed E-state index contributed by atoms with van der Waals surface area (Å²) in [4.78, 5) is 32.9. The molecule has 0 radical (unpaired) electrons. The van der Waals surface area contributed by atoms with E-state index >= 15 is 0 Å². The second-order valence-corrected chi connectivity index (χ2v) is 10.5. The minimum absolute atomic E-state index is 0.216. The standard InChI is InChI=1S/C33H28N2O4S/c1-4-38-27-18-17-22-12-7-9-15-24(22)26(27)19-28-31(36)35-30(25-16-10-13-21-11-6-8-14-23(21)25)29(32(37)39-5-2)20(3)34-33(35)40-28/h6-19,30H,4-5H2,1-3H3/b28-19-/t30-/m0/s1. The van der Waals surface area contributed by atoms with Gasteiger partial charge in [0.05, 0.1) is 35.1 Å². The Labute approximate surface area is 235 Å². The van der Waals surface area contributed by atoms with Gasteiger partial charge in [-0.05, 0) is 60.0 Å². The van der Waals surface area contributed by atoms with E-state index in [0.29, 0.717) is 33.0 Å². The molecule has 1 aliphatic rings. The van der Waals surface area contributed by atoms with E-state index in [1.807, 2.05) is 91.9 Å². The number of esters is 1. The van der Waals surface area contributed by atoms with Gasteiger partial charge >= 0.3 is 5.97 Å². The van der Waals surface area contributed by atoms with Crippen LogP contribution in [0.2, 0.25) is 0 Å². The third kappa shape index (κ3) is 4.32. The lowest BCUT2D eigenvalue weighted by molar-refractivity contribution is -0.139. The van der Waals surface area contributed by atoms with E-state index in [1.165, 1.54) is 11.3 Å². The highest BCUT2D eigenvalue weighted by Crippen LogP contribution is 2.35. The molecule has 2 heterocycles. The number of fused-ring (bicyclic) bond motifs is 3. The van der Waals surface area contributed by atoms with Crippen molar-refractivity contribution in [2.24, 2.45) is 4.99 Å². The first-order valence-corrected chi connectivity index (χ1v) is 14.1. The number of hydrogen-bond acceptors (Lipinski definition) is 6. The van der Waals surface area contributed by atoms with Gasteiger partial charge < -0.3 is 9.47 Å². The minimum Gasteiger partial charge on any atom is -0.493 e. The van der Waals surface area contributed by atoms with Crippen LogP contribution in [0.25, 0.3) is 27.6 Å². The normalized spacial score (nSPS) is 15.3. The number of nitrogens with zero attached hydrogens (tertiary/aromatic N) is 2. The summed E-state index contributed by atoms with van der Waals surface area (Å²) in [6, 6.07) is 25.3. The largest absolute Gasteiger partial charge is 0.493 e. The van der Waals surface area contributed by atoms with Gasteiger partial charge in [0, 0.05) is 5.56 Å². The number of rotatable bonds is 6. The van der Waals surface area contributed by atoms with Crippen LogP contribution in [0.1, 0.15) is 37.9 Å². The van der Waals surface area contributed by atoms with Gasteiger partial charge in [-0.1, -0.05) is 84.1 Å². The van der Waals surface area contributed by atoms with Crippen molar-refractivity contribution < 1.29 is 14.3 Å². The zero-order valence-corrected chi connectivity index (χ0v) is 23.3. The first-order chi connectivity index (χ1) is 19.5. The van der Waals surface area contributed by atoms with E-state index in [1.54, 1.807) is 18.4 Å². The Kier molecular flexibility index (Phi) is 6.82. The van der Waals surface area contributed by atoms with Crippen molar-refractivity contribution in [2.45, 2.75) is 26.8 Å². The van der Waals surface area contributed by atoms with Crippen molar-refractivity contribution in [3.05, 3.63) is 121 Å². The molecule has 1 aliphatic heterocycles. The SMILES string of the molecule is CCOC(=O)C1=C(C)N=c2s/c(=C\c3c(OCC)ccc4ccccc34)c(=O)n2[C@H]1c1cccc2ccccc12. The number of thiazole rings is 1. The molecule has 5 aromatic rings. The second-order valence-electron chi connectivity index (χ2n) is 9.50. The van der Waals surface area contributed by atoms with Crippen LogP contribution in [0.3, 0.4) is 0 Å². The van der Waals surface area contributed by atoms with Gasteiger partial charge in [-0.15, -0.1) is 0 Å². The Morgan fingerprint density at radius 3 is 2.38 bits per heavy atom. The lowest BCUT2D eigenvalue weighted by Gasteiger charge is -2.25. The molecule has 0 saturated carbocycles. The van der Waals surface area contributed by atoms with Gasteiger partial charge in [0.1, 0.15) is 5.75 Å². The number of benzene rings is 4. The molecule has 1 atom stereocenters. The van der Waals surface area contributed by atoms with Gasteiger partial charge in [-0.3, -0.25) is 9.36 Å². The summed E-state index contributed by atoms with van der Waals surface area (Å²) in [5, 5.41) is 4.04. The highest BCUT2D eigenvalue weighted by Gasteiger charge is 2.34. The number of carbonyl (C=O) groups excluding carboxylic acids is 1. The van der Waals surface area contributed by atoms with Gasteiger partial charge in [0.2, 0.25) is 0 Å². The van der Waals surface area contributed by atoms with E-state index in [9.17, 15) is 9.59 Å². The van der Waals surface area contributed by atoms with Crippen LogP contribution in [0.5, 0.6) is 5.75 Å². The third-order valence-corrected chi connectivity index (χ3v) is 8.12. The second kappa shape index (κ2) is 10.6. The molecule has 0 saturated heterocycles. The fourth-order valence-electron chi connectivity index (χ4n) is 5.41. The maximum atomic E-state index is 14.2. The van der Waals surface area contributed by atoms with Crippen LogP contribution in [0.4, 0.5) is 0 Å². The number of hydrogen-bond donors (Lipinski definition) is 0. The maximum Gasteiger partial charge on any atom is 0.338 e. The summed E-state index contributed by atoms with van der Waals surface area (Å²) >= 11 is 1.31. The molecule has 0 aliphatic carbocycles. The van der Waals surface area contributed by atoms with Gasteiger partial charge in [0.25, 0.3) is 5.56 Å². The third-order valence-electron chi connectivity index (χ3n) is 7.14. The molecule has 4 aromatic carbocycles. The maximum absolute atomic E-state index is 14.2. The van der Waals surface area contributed by atoms with Gasteiger partial charge in [-0.2, -0.15) is 0 Å². The predicted octanol–water partition coefficient (Wildman–Crippen LogP) is 5.50. The lowest BCUT2D eigenvalue weighted by atomic mass is 9.91. The Bertz CT molecular complexity index is 2000. The molecule has 0 spiro atoms. The summed E-state index contributed by atoms with van der Waals surface area (Å²) in [5.41, 5.74) is 2.39. The first kappa shape index (κ1) is 25.8. The zero-order chi connectivity index (χ0) is 27.8. The summed E-state index contributed by atoms with van der Waals surface area (Å²) in [6.45, 7) is 6.25. The molecule has 6 nitrogen and oxygen atoms in total. The zero-order valence-electron chi connectivity index (χ0n) is 22.5. The molecule has 40 heavy (non-hydrogen) atoms. The van der Waals surface area contributed by atoms with E-state index < -0.39 is 12.0 Å². The van der Waals surface area contributed by atoms with Crippen LogP contribution in [-0.2, 0) is 9.53 Å². The molecule has 0 fully saturated rings. The van der Waals surface area contributed by atoms with Crippen molar-refractivity contribution >= 4 is 44.9 Å². The summed E-state index contributed by atoms with van der Waals surface area (Å²) in [7, 11) is 0. The van der Waals surface area contributed by atoms with E-state index in [-0.39, 0.29) is 12.2 Å². The lowest BCUT2D eigenvalue weighted by Crippen LogP contribution is -2.40. The number of allylic oxidation sites excluding steroid dienone is 1. The number of carbonyl (C=O) groups is 1. The average Bonchev–Trinajstić information content (AvgIpc) is 3.27. The molecule has 0 unspecified atom stereocenters. The molecular formula is C33H28N2O4S. The van der Waals surface area contributed by atoms with Gasteiger partial charge in [-0.25, -0.2) is 9.79 Å². The van der Waals surface area contributed by atoms with Gasteiger partial charge in [0.15, 0.2) is 4.80 Å². The quantitative estimate of drug-likeness (QED) is 0.263. The fraction of sp³-hybridized carbons (Fsp3) is 0.182. The summed E-state index contributed by atoms with van der Waals surface area (Å²) in [6.07, 6.45) is 1.89. The number of ether oxygens (including phenoxy) is 2. The summed E-state index contributed by atoms with van der Waals surface area (Å²) in [5.74, 6) is 0.240. The van der Waals surface area contributed by atoms with Crippen LogP contribution < -0.4 is 19.6 Å². The van der Waals surface area contributed by atoms with Crippen LogP contribution in [-0.4, -0.2) is 23.8 Å². The average molecular weight is 549 g/mol. The summed E-state index contributed by atoms with van der Waals surface area (Å²) < 4.78 is 13.6. The fourth-order valence-corrected chi connectivity index (χ4v) is 6.44. The Balaban J connectivity index is 1.65. The Morgan fingerprint density at radius 1 is 0.925 bits per heavy atom. The minimum atomic E-state index is -0.678. The van der Waals surface area contributed by atoms with Crippen LogP contribution in [0.15, 0.2) is 99.9 Å². The van der Waals surface area contributed by atoms with E-state index in [4.69, 9.17) is 14.5 Å². The molecular weight excluding hydrogens is 520 g/mol. The van der Waals surface area contributed by atoms with Crippen LogP contribution >= 0.6 is 11.3 Å². The number of aromatic nitrogens is 1. The molecule has 0 amide bonds. The van der Waals surface area contributed by atoms with Crippen LogP contribution in [0, 0.1) is 0 Å². The van der Waals surface area contributed by atoms with Crippen molar-refractivity contribution in [3.8, 4) is 5.75 Å². The topological polar surface area (TPSA) is 69.9 Å².